The Morgan fingerprint density at radius 1 is 1.00 bits per heavy atom. The van der Waals surface area contributed by atoms with E-state index in [4.69, 9.17) is 4.74 Å². The number of methoxy groups -OCH3 is 1. The van der Waals surface area contributed by atoms with E-state index in [1.165, 1.54) is 0 Å². The van der Waals surface area contributed by atoms with Gasteiger partial charge in [-0.25, -0.2) is 4.98 Å². The highest BCUT2D eigenvalue weighted by Crippen LogP contribution is 2.28. The van der Waals surface area contributed by atoms with Gasteiger partial charge < -0.3 is 19.9 Å². The van der Waals surface area contributed by atoms with E-state index in [-0.39, 0.29) is 17.9 Å². The molecule has 0 unspecified atom stereocenters. The molecule has 1 aliphatic rings. The minimum Gasteiger partial charge on any atom is -0.497 e. The Kier molecular flexibility index (Phi) is 6.35. The average Bonchev–Trinajstić information content (AvgIpc) is 2.84. The molecular weight excluding hydrogens is 404 g/mol. The molecule has 7 nitrogen and oxygen atoms in total. The molecule has 1 saturated heterocycles. The second-order valence-corrected chi connectivity index (χ2v) is 7.64. The van der Waals surface area contributed by atoms with Crippen LogP contribution in [-0.2, 0) is 4.79 Å². The van der Waals surface area contributed by atoms with E-state index < -0.39 is 0 Å². The van der Waals surface area contributed by atoms with Crippen molar-refractivity contribution in [3.8, 4) is 5.75 Å². The van der Waals surface area contributed by atoms with Crippen LogP contribution >= 0.6 is 0 Å². The number of ether oxygens (including phenoxy) is 1. The Bertz CT molecular complexity index is 1090. The van der Waals surface area contributed by atoms with Gasteiger partial charge >= 0.3 is 0 Å². The molecule has 3 aromatic rings. The third-order valence-electron chi connectivity index (χ3n) is 5.65. The van der Waals surface area contributed by atoms with E-state index >= 15 is 0 Å². The van der Waals surface area contributed by atoms with Crippen molar-refractivity contribution in [1.82, 2.24) is 14.8 Å². The molecular formula is C25H26N4O3. The van der Waals surface area contributed by atoms with Crippen LogP contribution in [-0.4, -0.2) is 53.3 Å². The molecule has 1 fully saturated rings. The number of hydrogen-bond acceptors (Lipinski definition) is 5. The molecule has 164 valence electrons. The van der Waals surface area contributed by atoms with Crippen LogP contribution in [0.1, 0.15) is 28.9 Å². The lowest BCUT2D eigenvalue weighted by Gasteiger charge is -2.41. The first kappa shape index (κ1) is 21.4. The fourth-order valence-corrected chi connectivity index (χ4v) is 3.96. The van der Waals surface area contributed by atoms with Crippen LogP contribution in [0, 0.1) is 0 Å². The summed E-state index contributed by atoms with van der Waals surface area (Å²) in [5.41, 5.74) is 2.32. The van der Waals surface area contributed by atoms with Crippen molar-refractivity contribution in [3.05, 3.63) is 84.1 Å². The fourth-order valence-electron chi connectivity index (χ4n) is 3.96. The second kappa shape index (κ2) is 9.51. The first-order valence-corrected chi connectivity index (χ1v) is 10.5. The van der Waals surface area contributed by atoms with Gasteiger partial charge in [0, 0.05) is 38.4 Å². The standard InChI is InChI=1S/C25H26N4O3/c1-18(30)29-16-15-28(17-23(29)19-7-4-3-5-8-19)25(31)22-9-6-14-26-24(22)27-20-10-12-21(32-2)13-11-20/h3-14,23H,15-17H2,1-2H3,(H,26,27)/t23-/m1/s1. The molecule has 0 radical (unpaired) electrons. The minimum absolute atomic E-state index is 0.00851. The topological polar surface area (TPSA) is 74.8 Å². The van der Waals surface area contributed by atoms with Gasteiger partial charge in [0.25, 0.3) is 5.91 Å². The highest BCUT2D eigenvalue weighted by atomic mass is 16.5. The molecule has 4 rings (SSSR count). The molecule has 2 heterocycles. The molecule has 0 aliphatic carbocycles. The van der Waals surface area contributed by atoms with Crippen molar-refractivity contribution in [1.29, 1.82) is 0 Å². The molecule has 2 aromatic carbocycles. The van der Waals surface area contributed by atoms with Crippen LogP contribution in [0.5, 0.6) is 5.75 Å². The number of hydrogen-bond donors (Lipinski definition) is 1. The number of amides is 2. The van der Waals surface area contributed by atoms with Gasteiger partial charge in [-0.1, -0.05) is 30.3 Å². The molecule has 0 saturated carbocycles. The number of carbonyl (C=O) groups is 2. The molecule has 0 spiro atoms. The van der Waals surface area contributed by atoms with Crippen LogP contribution in [0.15, 0.2) is 72.9 Å². The van der Waals surface area contributed by atoms with Gasteiger partial charge in [0.2, 0.25) is 5.91 Å². The van der Waals surface area contributed by atoms with E-state index in [9.17, 15) is 9.59 Å². The summed E-state index contributed by atoms with van der Waals surface area (Å²) < 4.78 is 5.20. The van der Waals surface area contributed by atoms with Crippen molar-refractivity contribution in [2.75, 3.05) is 32.1 Å². The van der Waals surface area contributed by atoms with Gasteiger partial charge in [-0.2, -0.15) is 0 Å². The first-order chi connectivity index (χ1) is 15.6. The Hall–Kier alpha value is -3.87. The van der Waals surface area contributed by atoms with E-state index in [0.717, 1.165) is 17.0 Å². The summed E-state index contributed by atoms with van der Waals surface area (Å²) in [6.45, 7) is 2.96. The van der Waals surface area contributed by atoms with Crippen molar-refractivity contribution in [2.24, 2.45) is 0 Å². The fraction of sp³-hybridized carbons (Fsp3) is 0.240. The van der Waals surface area contributed by atoms with E-state index in [1.54, 1.807) is 37.3 Å². The summed E-state index contributed by atoms with van der Waals surface area (Å²) in [5, 5.41) is 3.24. The average molecular weight is 431 g/mol. The number of piperazine rings is 1. The lowest BCUT2D eigenvalue weighted by atomic mass is 10.0. The van der Waals surface area contributed by atoms with Gasteiger partial charge in [0.1, 0.15) is 11.6 Å². The SMILES string of the molecule is COc1ccc(Nc2ncccc2C(=O)N2CCN(C(C)=O)[C@@H](c3ccccc3)C2)cc1. The molecule has 1 N–H and O–H groups in total. The molecule has 32 heavy (non-hydrogen) atoms. The summed E-state index contributed by atoms with van der Waals surface area (Å²) in [5.74, 6) is 1.14. The molecule has 2 amide bonds. The van der Waals surface area contributed by atoms with Crippen molar-refractivity contribution >= 4 is 23.3 Å². The van der Waals surface area contributed by atoms with Gasteiger partial charge in [0.05, 0.1) is 18.7 Å². The number of benzene rings is 2. The Labute approximate surface area is 187 Å². The summed E-state index contributed by atoms with van der Waals surface area (Å²) in [7, 11) is 1.62. The molecule has 1 atom stereocenters. The number of carbonyl (C=O) groups excluding carboxylic acids is 2. The maximum Gasteiger partial charge on any atom is 0.257 e. The third-order valence-corrected chi connectivity index (χ3v) is 5.65. The van der Waals surface area contributed by atoms with Gasteiger partial charge in [0.15, 0.2) is 0 Å². The summed E-state index contributed by atoms with van der Waals surface area (Å²) in [6, 6.07) is 20.6. The Morgan fingerprint density at radius 3 is 2.44 bits per heavy atom. The smallest absolute Gasteiger partial charge is 0.257 e. The summed E-state index contributed by atoms with van der Waals surface area (Å²) in [6.07, 6.45) is 1.66. The van der Waals surface area contributed by atoms with Crippen molar-refractivity contribution in [2.45, 2.75) is 13.0 Å². The number of pyridine rings is 1. The molecule has 1 aliphatic heterocycles. The molecule has 0 bridgehead atoms. The van der Waals surface area contributed by atoms with Crippen LogP contribution < -0.4 is 10.1 Å². The second-order valence-electron chi connectivity index (χ2n) is 7.64. The predicted molar refractivity (Wildman–Crippen MR) is 123 cm³/mol. The zero-order valence-electron chi connectivity index (χ0n) is 18.2. The highest BCUT2D eigenvalue weighted by Gasteiger charge is 2.33. The van der Waals surface area contributed by atoms with Crippen LogP contribution in [0.2, 0.25) is 0 Å². The van der Waals surface area contributed by atoms with Crippen molar-refractivity contribution < 1.29 is 14.3 Å². The molecule has 1 aromatic heterocycles. The largest absolute Gasteiger partial charge is 0.497 e. The van der Waals surface area contributed by atoms with Gasteiger partial charge in [-0.15, -0.1) is 0 Å². The lowest BCUT2D eigenvalue weighted by Crippen LogP contribution is -2.51. The Morgan fingerprint density at radius 2 is 1.75 bits per heavy atom. The minimum atomic E-state index is -0.180. The number of aromatic nitrogens is 1. The number of nitrogens with zero attached hydrogens (tertiary/aromatic N) is 3. The number of nitrogens with one attached hydrogen (secondary N) is 1. The maximum absolute atomic E-state index is 13.5. The lowest BCUT2D eigenvalue weighted by molar-refractivity contribution is -0.133. The summed E-state index contributed by atoms with van der Waals surface area (Å²) in [4.78, 5) is 33.7. The monoisotopic (exact) mass is 430 g/mol. The maximum atomic E-state index is 13.5. The van der Waals surface area contributed by atoms with E-state index in [1.807, 2.05) is 59.5 Å². The van der Waals surface area contributed by atoms with E-state index in [0.29, 0.717) is 31.0 Å². The normalized spacial score (nSPS) is 15.9. The molecule has 7 heteroatoms. The zero-order valence-corrected chi connectivity index (χ0v) is 18.2. The number of rotatable bonds is 5. The van der Waals surface area contributed by atoms with Gasteiger partial charge in [-0.3, -0.25) is 9.59 Å². The predicted octanol–water partition coefficient (Wildman–Crippen LogP) is 3.88. The van der Waals surface area contributed by atoms with Crippen molar-refractivity contribution in [3.63, 3.8) is 0 Å². The third kappa shape index (κ3) is 4.56. The quantitative estimate of drug-likeness (QED) is 0.665. The van der Waals surface area contributed by atoms with Crippen LogP contribution in [0.3, 0.4) is 0 Å². The van der Waals surface area contributed by atoms with Crippen LogP contribution in [0.25, 0.3) is 0 Å². The zero-order chi connectivity index (χ0) is 22.5. The highest BCUT2D eigenvalue weighted by molar-refractivity contribution is 5.99. The summed E-state index contributed by atoms with van der Waals surface area (Å²) >= 11 is 0. The van der Waals surface area contributed by atoms with Gasteiger partial charge in [-0.05, 0) is 42.0 Å². The van der Waals surface area contributed by atoms with E-state index in [2.05, 4.69) is 10.3 Å². The van der Waals surface area contributed by atoms with Crippen LogP contribution in [0.4, 0.5) is 11.5 Å². The number of anilines is 2. The Balaban J connectivity index is 1.57. The first-order valence-electron chi connectivity index (χ1n) is 10.5.